The van der Waals surface area contributed by atoms with Gasteiger partial charge in [0, 0.05) is 12.6 Å². The summed E-state index contributed by atoms with van der Waals surface area (Å²) in [7, 11) is 0. The number of hydrogen-bond donors (Lipinski definition) is 0. The van der Waals surface area contributed by atoms with Crippen molar-refractivity contribution in [3.63, 3.8) is 0 Å². The molecule has 0 aliphatic heterocycles. The second kappa shape index (κ2) is 2.47. The van der Waals surface area contributed by atoms with Crippen LogP contribution >= 0.6 is 0 Å². The number of hydrogen-bond acceptors (Lipinski definition) is 2. The Morgan fingerprint density at radius 1 is 1.42 bits per heavy atom. The molecule has 1 aromatic heterocycles. The number of nitrogens with zero attached hydrogens (tertiary/aromatic N) is 2. The van der Waals surface area contributed by atoms with Crippen molar-refractivity contribution in [3.05, 3.63) is 23.8 Å². The van der Waals surface area contributed by atoms with Crippen molar-refractivity contribution in [2.24, 2.45) is 0 Å². The van der Waals surface area contributed by atoms with Crippen molar-refractivity contribution in [2.75, 3.05) is 0 Å². The Bertz CT molecular complexity index is 299. The average molecular weight is 170 g/mol. The van der Waals surface area contributed by atoms with Gasteiger partial charge in [0.15, 0.2) is 0 Å². The first-order valence-corrected chi connectivity index (χ1v) is 3.87. The van der Waals surface area contributed by atoms with E-state index in [1.165, 1.54) is 12.5 Å². The molecule has 4 heteroatoms. The van der Waals surface area contributed by atoms with E-state index in [4.69, 9.17) is 0 Å². The van der Waals surface area contributed by atoms with Crippen molar-refractivity contribution in [3.8, 4) is 0 Å². The van der Waals surface area contributed by atoms with Crippen LogP contribution in [0.15, 0.2) is 12.5 Å². The highest BCUT2D eigenvalue weighted by atomic mass is 19.3. The van der Waals surface area contributed by atoms with Gasteiger partial charge >= 0.3 is 0 Å². The molecule has 12 heavy (non-hydrogen) atoms. The van der Waals surface area contributed by atoms with E-state index in [1.807, 2.05) is 0 Å². The normalized spacial score (nSPS) is 20.2. The molecule has 1 heterocycles. The zero-order valence-corrected chi connectivity index (χ0v) is 6.43. The minimum Gasteiger partial charge on any atom is -0.245 e. The van der Waals surface area contributed by atoms with Crippen LogP contribution in [0.1, 0.15) is 24.1 Å². The van der Waals surface area contributed by atoms with Gasteiger partial charge in [-0.15, -0.1) is 0 Å². The lowest BCUT2D eigenvalue weighted by Crippen LogP contribution is -2.22. The summed E-state index contributed by atoms with van der Waals surface area (Å²) in [6, 6.07) is 0. The first kappa shape index (κ1) is 7.58. The molecule has 0 aromatic carbocycles. The molecule has 0 saturated carbocycles. The molecule has 0 spiro atoms. The molecule has 0 bridgehead atoms. The van der Waals surface area contributed by atoms with Crippen LogP contribution in [0.25, 0.3) is 0 Å². The van der Waals surface area contributed by atoms with Crippen molar-refractivity contribution in [1.29, 1.82) is 0 Å². The molecule has 1 aromatic rings. The van der Waals surface area contributed by atoms with Gasteiger partial charge in [-0.3, -0.25) is 0 Å². The second-order valence-electron chi connectivity index (χ2n) is 2.95. The molecule has 1 aliphatic rings. The first-order valence-electron chi connectivity index (χ1n) is 3.87. The highest BCUT2D eigenvalue weighted by Crippen LogP contribution is 2.37. The van der Waals surface area contributed by atoms with E-state index in [9.17, 15) is 8.78 Å². The predicted molar refractivity (Wildman–Crippen MR) is 38.9 cm³/mol. The van der Waals surface area contributed by atoms with Crippen molar-refractivity contribution in [1.82, 2.24) is 9.97 Å². The third-order valence-corrected chi connectivity index (χ3v) is 2.07. The Balaban J connectivity index is 2.52. The molecule has 2 rings (SSSR count). The fraction of sp³-hybridized carbons (Fsp3) is 0.500. The van der Waals surface area contributed by atoms with E-state index in [-0.39, 0.29) is 12.1 Å². The van der Waals surface area contributed by atoms with Gasteiger partial charge in [0.05, 0.1) is 0 Å². The highest BCUT2D eigenvalue weighted by molar-refractivity contribution is 5.23. The molecule has 0 N–H and O–H groups in total. The fourth-order valence-corrected chi connectivity index (χ4v) is 1.49. The Hall–Kier alpha value is -1.06. The van der Waals surface area contributed by atoms with Crippen LogP contribution in [-0.2, 0) is 12.3 Å². The summed E-state index contributed by atoms with van der Waals surface area (Å²) in [5, 5.41) is 0. The van der Waals surface area contributed by atoms with Gasteiger partial charge in [-0.05, 0) is 18.4 Å². The van der Waals surface area contributed by atoms with E-state index < -0.39 is 5.92 Å². The highest BCUT2D eigenvalue weighted by Gasteiger charge is 2.37. The smallest absolute Gasteiger partial charge is 0.245 e. The molecule has 64 valence electrons. The number of rotatable bonds is 0. The van der Waals surface area contributed by atoms with Crippen LogP contribution in [-0.4, -0.2) is 9.97 Å². The molecule has 0 saturated heterocycles. The van der Waals surface area contributed by atoms with Gasteiger partial charge in [0.25, 0.3) is 5.92 Å². The van der Waals surface area contributed by atoms with Gasteiger partial charge in [0.1, 0.15) is 12.0 Å². The quantitative estimate of drug-likeness (QED) is 0.594. The molecule has 0 unspecified atom stereocenters. The number of halogens is 2. The molecule has 1 aliphatic carbocycles. The van der Waals surface area contributed by atoms with E-state index >= 15 is 0 Å². The minimum atomic E-state index is -2.74. The lowest BCUT2D eigenvalue weighted by atomic mass is 9.94. The molecule has 0 amide bonds. The topological polar surface area (TPSA) is 25.8 Å². The molecular weight excluding hydrogens is 162 g/mol. The van der Waals surface area contributed by atoms with Gasteiger partial charge in [0.2, 0.25) is 0 Å². The van der Waals surface area contributed by atoms with Crippen LogP contribution in [0, 0.1) is 0 Å². The van der Waals surface area contributed by atoms with Crippen LogP contribution < -0.4 is 0 Å². The number of aryl methyl sites for hydroxylation is 1. The van der Waals surface area contributed by atoms with E-state index in [0.717, 1.165) is 0 Å². The minimum absolute atomic E-state index is 0.0799. The molecule has 0 radical (unpaired) electrons. The van der Waals surface area contributed by atoms with Gasteiger partial charge in [-0.2, -0.15) is 8.78 Å². The fourth-order valence-electron chi connectivity index (χ4n) is 1.49. The summed E-state index contributed by atoms with van der Waals surface area (Å²) < 4.78 is 26.2. The maximum atomic E-state index is 13.1. The van der Waals surface area contributed by atoms with Gasteiger partial charge in [-0.1, -0.05) is 0 Å². The average Bonchev–Trinajstić information content (AvgIpc) is 2.04. The van der Waals surface area contributed by atoms with Crippen molar-refractivity contribution in [2.45, 2.75) is 25.2 Å². The van der Waals surface area contributed by atoms with Crippen LogP contribution in [0.2, 0.25) is 0 Å². The molecule has 0 fully saturated rings. The predicted octanol–water partition coefficient (Wildman–Crippen LogP) is 1.90. The zero-order chi connectivity index (χ0) is 8.60. The number of aromatic nitrogens is 2. The van der Waals surface area contributed by atoms with Crippen LogP contribution in [0.3, 0.4) is 0 Å². The summed E-state index contributed by atoms with van der Waals surface area (Å²) in [6.07, 6.45) is 3.77. The summed E-state index contributed by atoms with van der Waals surface area (Å²) >= 11 is 0. The van der Waals surface area contributed by atoms with Crippen LogP contribution in [0.5, 0.6) is 0 Å². The Kier molecular flexibility index (Phi) is 1.56. The maximum absolute atomic E-state index is 13.1. The lowest BCUT2D eigenvalue weighted by molar-refractivity contribution is -0.0264. The summed E-state index contributed by atoms with van der Waals surface area (Å²) in [5.74, 6) is -2.74. The van der Waals surface area contributed by atoms with Gasteiger partial charge < -0.3 is 0 Å². The van der Waals surface area contributed by atoms with Crippen molar-refractivity contribution >= 4 is 0 Å². The Labute approximate surface area is 68.7 Å². The summed E-state index contributed by atoms with van der Waals surface area (Å²) in [5.41, 5.74) is 0.512. The number of fused-ring (bicyclic) bond motifs is 1. The lowest BCUT2D eigenvalue weighted by Gasteiger charge is -2.22. The van der Waals surface area contributed by atoms with Crippen LogP contribution in [0.4, 0.5) is 8.78 Å². The standard InChI is InChI=1S/C8H8F2N2/c9-8(10)3-1-2-6-4-11-5-12-7(6)8/h4-5H,1-3H2. The Morgan fingerprint density at radius 2 is 2.25 bits per heavy atom. The number of alkyl halides is 2. The maximum Gasteiger partial charge on any atom is 0.290 e. The molecule has 0 atom stereocenters. The van der Waals surface area contributed by atoms with E-state index in [2.05, 4.69) is 9.97 Å². The SMILES string of the molecule is FC1(F)CCCc2cncnc21. The third kappa shape index (κ3) is 1.07. The van der Waals surface area contributed by atoms with Gasteiger partial charge in [-0.25, -0.2) is 9.97 Å². The zero-order valence-electron chi connectivity index (χ0n) is 6.43. The Morgan fingerprint density at radius 3 is 3.00 bits per heavy atom. The monoisotopic (exact) mass is 170 g/mol. The molecule has 2 nitrogen and oxygen atoms in total. The third-order valence-electron chi connectivity index (χ3n) is 2.07. The summed E-state index contributed by atoms with van der Waals surface area (Å²) in [6.45, 7) is 0. The second-order valence-corrected chi connectivity index (χ2v) is 2.95. The van der Waals surface area contributed by atoms with E-state index in [1.54, 1.807) is 0 Å². The summed E-state index contributed by atoms with van der Waals surface area (Å²) in [4.78, 5) is 7.33. The molecular formula is C8H8F2N2. The first-order chi connectivity index (χ1) is 5.70. The van der Waals surface area contributed by atoms with Crippen molar-refractivity contribution < 1.29 is 8.78 Å². The van der Waals surface area contributed by atoms with E-state index in [0.29, 0.717) is 18.4 Å². The largest absolute Gasteiger partial charge is 0.290 e.